The Balaban J connectivity index is 1.48. The second-order valence-corrected chi connectivity index (χ2v) is 6.64. The van der Waals surface area contributed by atoms with Crippen molar-refractivity contribution in [1.29, 1.82) is 0 Å². The zero-order valence-corrected chi connectivity index (χ0v) is 15.0. The Kier molecular flexibility index (Phi) is 5.95. The molecule has 6 heteroatoms. The van der Waals surface area contributed by atoms with Crippen LogP contribution in [-0.4, -0.2) is 16.1 Å². The third kappa shape index (κ3) is 5.00. The molecule has 0 unspecified atom stereocenters. The molecule has 0 radical (unpaired) electrons. The average molecular weight is 355 g/mol. The van der Waals surface area contributed by atoms with E-state index >= 15 is 0 Å². The molecular formula is C19H21N3O2S. The average Bonchev–Trinajstić information content (AvgIpc) is 3.30. The van der Waals surface area contributed by atoms with Gasteiger partial charge in [-0.25, -0.2) is 0 Å². The quantitative estimate of drug-likeness (QED) is 0.635. The number of aryl methyl sites for hydroxylation is 2. The molecule has 0 saturated carbocycles. The number of carbonyl (C=O) groups is 1. The summed E-state index contributed by atoms with van der Waals surface area (Å²) in [5.74, 6) is 0.919. The van der Waals surface area contributed by atoms with E-state index in [2.05, 4.69) is 34.6 Å². The lowest BCUT2D eigenvalue weighted by Gasteiger charge is -2.06. The van der Waals surface area contributed by atoms with Crippen molar-refractivity contribution in [2.75, 3.05) is 5.32 Å². The van der Waals surface area contributed by atoms with Gasteiger partial charge >= 0.3 is 0 Å². The molecule has 1 aromatic carbocycles. The van der Waals surface area contributed by atoms with Gasteiger partial charge in [0.25, 0.3) is 0 Å². The van der Waals surface area contributed by atoms with Crippen LogP contribution >= 0.6 is 11.3 Å². The maximum absolute atomic E-state index is 12.1. The van der Waals surface area contributed by atoms with Gasteiger partial charge in [-0.15, -0.1) is 10.2 Å². The largest absolute Gasteiger partial charge is 0.421 e. The lowest BCUT2D eigenvalue weighted by atomic mass is 10.1. The fraction of sp³-hybridized carbons (Fsp3) is 0.316. The van der Waals surface area contributed by atoms with E-state index < -0.39 is 0 Å². The molecule has 0 saturated heterocycles. The van der Waals surface area contributed by atoms with Crippen LogP contribution in [-0.2, 0) is 17.6 Å². The fourth-order valence-corrected chi connectivity index (χ4v) is 3.07. The number of thiophene rings is 1. The van der Waals surface area contributed by atoms with Crippen LogP contribution < -0.4 is 5.32 Å². The second-order valence-electron chi connectivity index (χ2n) is 5.86. The maximum Gasteiger partial charge on any atom is 0.248 e. The number of nitrogens with one attached hydrogen (secondary N) is 1. The van der Waals surface area contributed by atoms with Gasteiger partial charge in [-0.1, -0.05) is 25.5 Å². The number of hydrogen-bond donors (Lipinski definition) is 1. The summed E-state index contributed by atoms with van der Waals surface area (Å²) in [6, 6.07) is 9.96. The number of nitrogens with zero attached hydrogens (tertiary/aromatic N) is 2. The van der Waals surface area contributed by atoms with E-state index in [1.807, 2.05) is 29.0 Å². The maximum atomic E-state index is 12.1. The van der Waals surface area contributed by atoms with E-state index in [9.17, 15) is 4.79 Å². The molecule has 2 heterocycles. The molecule has 0 aliphatic heterocycles. The lowest BCUT2D eigenvalue weighted by molar-refractivity contribution is -0.116. The van der Waals surface area contributed by atoms with Gasteiger partial charge in [-0.05, 0) is 42.0 Å². The number of benzene rings is 1. The van der Waals surface area contributed by atoms with Crippen LogP contribution in [0.25, 0.3) is 11.5 Å². The van der Waals surface area contributed by atoms with E-state index in [1.165, 1.54) is 18.4 Å². The standard InChI is InChI=1S/C19H21N3O2S/c1-2-3-4-14-5-7-16(8-6-14)20-17(23)9-10-18-21-22-19(24-18)15-11-12-25-13-15/h5-8,11-13H,2-4,9-10H2,1H3,(H,20,23). The van der Waals surface area contributed by atoms with Crippen molar-refractivity contribution >= 4 is 22.9 Å². The molecule has 2 aromatic heterocycles. The van der Waals surface area contributed by atoms with Crippen molar-refractivity contribution in [2.45, 2.75) is 39.0 Å². The number of amides is 1. The van der Waals surface area contributed by atoms with Gasteiger partial charge < -0.3 is 9.73 Å². The van der Waals surface area contributed by atoms with Gasteiger partial charge in [0.2, 0.25) is 17.7 Å². The third-order valence-corrected chi connectivity index (χ3v) is 4.54. The van der Waals surface area contributed by atoms with Gasteiger partial charge in [-0.2, -0.15) is 11.3 Å². The highest BCUT2D eigenvalue weighted by molar-refractivity contribution is 7.08. The first-order valence-electron chi connectivity index (χ1n) is 8.48. The van der Waals surface area contributed by atoms with Gasteiger partial charge in [0.15, 0.2) is 0 Å². The molecule has 0 aliphatic rings. The van der Waals surface area contributed by atoms with Crippen molar-refractivity contribution in [3.63, 3.8) is 0 Å². The van der Waals surface area contributed by atoms with E-state index in [1.54, 1.807) is 11.3 Å². The number of rotatable bonds is 8. The summed E-state index contributed by atoms with van der Waals surface area (Å²) in [6.07, 6.45) is 4.18. The summed E-state index contributed by atoms with van der Waals surface area (Å²) < 4.78 is 5.59. The molecule has 1 N–H and O–H groups in total. The zero-order valence-electron chi connectivity index (χ0n) is 14.2. The Morgan fingerprint density at radius 3 is 2.72 bits per heavy atom. The summed E-state index contributed by atoms with van der Waals surface area (Å²) in [5, 5.41) is 14.8. The predicted octanol–water partition coefficient (Wildman–Crippen LogP) is 4.71. The van der Waals surface area contributed by atoms with Crippen LogP contribution in [0.5, 0.6) is 0 Å². The van der Waals surface area contributed by atoms with E-state index in [0.29, 0.717) is 24.6 Å². The number of anilines is 1. The summed E-state index contributed by atoms with van der Waals surface area (Å²) in [7, 11) is 0. The minimum absolute atomic E-state index is 0.0587. The molecule has 0 bridgehead atoms. The Labute approximate surface area is 151 Å². The summed E-state index contributed by atoms with van der Waals surface area (Å²) in [5.41, 5.74) is 3.03. The van der Waals surface area contributed by atoms with Gasteiger partial charge in [-0.3, -0.25) is 4.79 Å². The second kappa shape index (κ2) is 8.58. The first kappa shape index (κ1) is 17.4. The van der Waals surface area contributed by atoms with Gasteiger partial charge in [0.05, 0.1) is 0 Å². The van der Waals surface area contributed by atoms with Gasteiger partial charge in [0.1, 0.15) is 0 Å². The minimum atomic E-state index is -0.0587. The number of unbranched alkanes of at least 4 members (excludes halogenated alkanes) is 1. The molecule has 5 nitrogen and oxygen atoms in total. The van der Waals surface area contributed by atoms with E-state index in [-0.39, 0.29) is 5.91 Å². The molecule has 0 aliphatic carbocycles. The number of carbonyl (C=O) groups excluding carboxylic acids is 1. The highest BCUT2D eigenvalue weighted by Gasteiger charge is 2.11. The van der Waals surface area contributed by atoms with Crippen molar-refractivity contribution < 1.29 is 9.21 Å². The van der Waals surface area contributed by atoms with Crippen LogP contribution in [0.15, 0.2) is 45.5 Å². The number of aromatic nitrogens is 2. The Hall–Kier alpha value is -2.47. The smallest absolute Gasteiger partial charge is 0.248 e. The third-order valence-electron chi connectivity index (χ3n) is 3.86. The molecule has 0 spiro atoms. The Bertz CT molecular complexity index is 794. The molecular weight excluding hydrogens is 334 g/mol. The van der Waals surface area contributed by atoms with Crippen molar-refractivity contribution in [3.8, 4) is 11.5 Å². The highest BCUT2D eigenvalue weighted by Crippen LogP contribution is 2.21. The highest BCUT2D eigenvalue weighted by atomic mass is 32.1. The molecule has 3 aromatic rings. The zero-order chi connectivity index (χ0) is 17.5. The topological polar surface area (TPSA) is 68.0 Å². The van der Waals surface area contributed by atoms with Crippen molar-refractivity contribution in [3.05, 3.63) is 52.5 Å². The summed E-state index contributed by atoms with van der Waals surface area (Å²) >= 11 is 1.58. The Morgan fingerprint density at radius 1 is 1.16 bits per heavy atom. The minimum Gasteiger partial charge on any atom is -0.421 e. The predicted molar refractivity (Wildman–Crippen MR) is 99.6 cm³/mol. The molecule has 3 rings (SSSR count). The van der Waals surface area contributed by atoms with Crippen LogP contribution in [0, 0.1) is 0 Å². The van der Waals surface area contributed by atoms with Crippen molar-refractivity contribution in [2.24, 2.45) is 0 Å². The monoisotopic (exact) mass is 355 g/mol. The normalized spacial score (nSPS) is 10.8. The molecule has 0 fully saturated rings. The summed E-state index contributed by atoms with van der Waals surface area (Å²) in [4.78, 5) is 12.1. The first-order valence-corrected chi connectivity index (χ1v) is 9.42. The Morgan fingerprint density at radius 2 is 2.00 bits per heavy atom. The van der Waals surface area contributed by atoms with Crippen LogP contribution in [0.2, 0.25) is 0 Å². The van der Waals surface area contributed by atoms with E-state index in [4.69, 9.17) is 4.42 Å². The van der Waals surface area contributed by atoms with Crippen LogP contribution in [0.1, 0.15) is 37.6 Å². The van der Waals surface area contributed by atoms with E-state index in [0.717, 1.165) is 17.7 Å². The van der Waals surface area contributed by atoms with Crippen LogP contribution in [0.3, 0.4) is 0 Å². The van der Waals surface area contributed by atoms with Gasteiger partial charge in [0, 0.05) is 29.5 Å². The van der Waals surface area contributed by atoms with Crippen molar-refractivity contribution in [1.82, 2.24) is 10.2 Å². The molecule has 25 heavy (non-hydrogen) atoms. The lowest BCUT2D eigenvalue weighted by Crippen LogP contribution is -2.12. The fourth-order valence-electron chi connectivity index (χ4n) is 2.44. The molecule has 0 atom stereocenters. The number of hydrogen-bond acceptors (Lipinski definition) is 5. The molecule has 1 amide bonds. The molecule has 130 valence electrons. The first-order chi connectivity index (χ1) is 12.2. The SMILES string of the molecule is CCCCc1ccc(NC(=O)CCc2nnc(-c3ccsc3)o2)cc1. The van der Waals surface area contributed by atoms with Crippen LogP contribution in [0.4, 0.5) is 5.69 Å². The summed E-state index contributed by atoms with van der Waals surface area (Å²) in [6.45, 7) is 2.18.